The summed E-state index contributed by atoms with van der Waals surface area (Å²) in [5.74, 6) is -0.215. The molecule has 0 spiro atoms. The van der Waals surface area contributed by atoms with Crippen LogP contribution in [0.25, 0.3) is 0 Å². The van der Waals surface area contributed by atoms with Gasteiger partial charge in [0.1, 0.15) is 0 Å². The summed E-state index contributed by atoms with van der Waals surface area (Å²) in [7, 11) is 0. The lowest BCUT2D eigenvalue weighted by atomic mass is 10.0. The van der Waals surface area contributed by atoms with Gasteiger partial charge in [-0.15, -0.1) is 0 Å². The van der Waals surface area contributed by atoms with Crippen LogP contribution in [-0.4, -0.2) is 19.1 Å². The van der Waals surface area contributed by atoms with E-state index in [1.807, 2.05) is 6.92 Å². The molecule has 3 heteroatoms. The predicted molar refractivity (Wildman–Crippen MR) is 53.3 cm³/mol. The number of nitrogens with two attached hydrogens (primary N) is 1. The third kappa shape index (κ3) is 4.08. The van der Waals surface area contributed by atoms with Crippen LogP contribution in [0.2, 0.25) is 0 Å². The lowest BCUT2D eigenvalue weighted by Crippen LogP contribution is -2.10. The van der Waals surface area contributed by atoms with Crippen LogP contribution in [0.4, 0.5) is 0 Å². The molecule has 0 aliphatic heterocycles. The molecule has 2 N–H and O–H groups in total. The summed E-state index contributed by atoms with van der Waals surface area (Å²) in [6, 6.07) is 0. The normalized spacial score (nSPS) is 12.3. The summed E-state index contributed by atoms with van der Waals surface area (Å²) in [4.78, 5) is 11.3. The molecule has 0 atom stereocenters. The molecule has 0 saturated carbocycles. The third-order valence-electron chi connectivity index (χ3n) is 1.98. The largest absolute Gasteiger partial charge is 0.463 e. The Bertz CT molecular complexity index is 197. The number of carbonyl (C=O) groups excluding carboxylic acids is 1. The van der Waals surface area contributed by atoms with E-state index >= 15 is 0 Å². The molecule has 0 heterocycles. The molecular formula is C10H19NO2. The quantitative estimate of drug-likeness (QED) is 0.523. The molecule has 13 heavy (non-hydrogen) atoms. The van der Waals surface area contributed by atoms with Crippen LogP contribution < -0.4 is 5.73 Å². The predicted octanol–water partition coefficient (Wildman–Crippen LogP) is 1.62. The van der Waals surface area contributed by atoms with Gasteiger partial charge in [-0.2, -0.15) is 0 Å². The van der Waals surface area contributed by atoms with E-state index in [2.05, 4.69) is 0 Å². The van der Waals surface area contributed by atoms with Crippen LogP contribution in [-0.2, 0) is 9.53 Å². The molecule has 0 radical (unpaired) electrons. The smallest absolute Gasteiger partial charge is 0.333 e. The van der Waals surface area contributed by atoms with Crippen molar-refractivity contribution < 1.29 is 9.53 Å². The van der Waals surface area contributed by atoms with Crippen LogP contribution in [0, 0.1) is 0 Å². The van der Waals surface area contributed by atoms with Crippen LogP contribution in [0.3, 0.4) is 0 Å². The number of rotatable bonds is 5. The van der Waals surface area contributed by atoms with Crippen LogP contribution in [0.1, 0.15) is 33.6 Å². The van der Waals surface area contributed by atoms with E-state index in [0.717, 1.165) is 24.0 Å². The summed E-state index contributed by atoms with van der Waals surface area (Å²) >= 11 is 0. The van der Waals surface area contributed by atoms with E-state index in [0.29, 0.717) is 13.2 Å². The van der Waals surface area contributed by atoms with Crippen molar-refractivity contribution in [2.24, 2.45) is 5.73 Å². The van der Waals surface area contributed by atoms with Crippen molar-refractivity contribution >= 4 is 5.97 Å². The molecule has 0 aliphatic rings. The third-order valence-corrected chi connectivity index (χ3v) is 1.98. The first-order valence-electron chi connectivity index (χ1n) is 4.73. The van der Waals surface area contributed by atoms with Crippen molar-refractivity contribution in [3.63, 3.8) is 0 Å². The van der Waals surface area contributed by atoms with Crippen LogP contribution in [0.15, 0.2) is 11.1 Å². The van der Waals surface area contributed by atoms with Gasteiger partial charge in [0.2, 0.25) is 0 Å². The van der Waals surface area contributed by atoms with Gasteiger partial charge in [0, 0.05) is 5.57 Å². The van der Waals surface area contributed by atoms with Crippen molar-refractivity contribution in [1.29, 1.82) is 0 Å². The average Bonchev–Trinajstić information content (AvgIpc) is 2.13. The Labute approximate surface area is 79.9 Å². The second-order valence-corrected chi connectivity index (χ2v) is 2.84. The molecular weight excluding hydrogens is 166 g/mol. The lowest BCUT2D eigenvalue weighted by molar-refractivity contribution is -0.138. The van der Waals surface area contributed by atoms with Gasteiger partial charge in [0.25, 0.3) is 0 Å². The maximum absolute atomic E-state index is 11.3. The number of carbonyl (C=O) groups is 1. The molecule has 0 aromatic carbocycles. The zero-order chi connectivity index (χ0) is 10.3. The number of esters is 1. The number of hydrogen-bond acceptors (Lipinski definition) is 3. The Morgan fingerprint density at radius 1 is 1.38 bits per heavy atom. The molecule has 0 aromatic heterocycles. The first-order chi connectivity index (χ1) is 6.17. The van der Waals surface area contributed by atoms with E-state index in [-0.39, 0.29) is 5.97 Å². The zero-order valence-corrected chi connectivity index (χ0v) is 8.72. The molecule has 0 aliphatic carbocycles. The molecule has 0 saturated heterocycles. The maximum Gasteiger partial charge on any atom is 0.333 e. The minimum absolute atomic E-state index is 0.215. The van der Waals surface area contributed by atoms with Gasteiger partial charge in [0.15, 0.2) is 0 Å². The van der Waals surface area contributed by atoms with Crippen molar-refractivity contribution in [2.45, 2.75) is 33.6 Å². The SMILES string of the molecule is CCOC(=O)C(C)=C(CC)CCN. The Morgan fingerprint density at radius 3 is 2.38 bits per heavy atom. The van der Waals surface area contributed by atoms with Gasteiger partial charge in [-0.25, -0.2) is 4.79 Å². The Balaban J connectivity index is 4.43. The highest BCUT2D eigenvalue weighted by molar-refractivity contribution is 5.88. The lowest BCUT2D eigenvalue weighted by Gasteiger charge is -2.08. The standard InChI is InChI=1S/C10H19NO2/c1-4-9(6-7-11)8(3)10(12)13-5-2/h4-7,11H2,1-3H3. The fourth-order valence-electron chi connectivity index (χ4n) is 1.19. The van der Waals surface area contributed by atoms with Gasteiger partial charge >= 0.3 is 5.97 Å². The highest BCUT2D eigenvalue weighted by Crippen LogP contribution is 2.13. The van der Waals surface area contributed by atoms with Gasteiger partial charge in [-0.1, -0.05) is 12.5 Å². The first-order valence-corrected chi connectivity index (χ1v) is 4.73. The summed E-state index contributed by atoms with van der Waals surface area (Å²) < 4.78 is 4.90. The number of hydrogen-bond donors (Lipinski definition) is 1. The topological polar surface area (TPSA) is 52.3 Å². The monoisotopic (exact) mass is 185 g/mol. The Morgan fingerprint density at radius 2 is 2.00 bits per heavy atom. The first kappa shape index (κ1) is 12.2. The zero-order valence-electron chi connectivity index (χ0n) is 8.72. The molecule has 0 fully saturated rings. The highest BCUT2D eigenvalue weighted by Gasteiger charge is 2.09. The van der Waals surface area contributed by atoms with E-state index in [4.69, 9.17) is 10.5 Å². The van der Waals surface area contributed by atoms with E-state index in [9.17, 15) is 4.79 Å². The Kier molecular flexibility index (Phi) is 6.24. The van der Waals surface area contributed by atoms with Crippen molar-refractivity contribution in [3.8, 4) is 0 Å². The van der Waals surface area contributed by atoms with Crippen LogP contribution in [0.5, 0.6) is 0 Å². The fraction of sp³-hybridized carbons (Fsp3) is 0.700. The minimum Gasteiger partial charge on any atom is -0.463 e. The van der Waals surface area contributed by atoms with Crippen molar-refractivity contribution in [3.05, 3.63) is 11.1 Å². The second kappa shape index (κ2) is 6.66. The summed E-state index contributed by atoms with van der Waals surface area (Å²) in [6.07, 6.45) is 1.64. The molecule has 76 valence electrons. The molecule has 0 amide bonds. The Hall–Kier alpha value is -0.830. The summed E-state index contributed by atoms with van der Waals surface area (Å²) in [5, 5.41) is 0. The molecule has 0 aromatic rings. The average molecular weight is 185 g/mol. The van der Waals surface area contributed by atoms with Gasteiger partial charge in [-0.05, 0) is 33.2 Å². The fourth-order valence-corrected chi connectivity index (χ4v) is 1.19. The molecule has 0 bridgehead atoms. The second-order valence-electron chi connectivity index (χ2n) is 2.84. The van der Waals surface area contributed by atoms with Gasteiger partial charge in [0.05, 0.1) is 6.61 Å². The van der Waals surface area contributed by atoms with Crippen molar-refractivity contribution in [1.82, 2.24) is 0 Å². The molecule has 0 unspecified atom stereocenters. The van der Waals surface area contributed by atoms with E-state index < -0.39 is 0 Å². The van der Waals surface area contributed by atoms with E-state index in [1.165, 1.54) is 0 Å². The van der Waals surface area contributed by atoms with Gasteiger partial charge < -0.3 is 10.5 Å². The molecule has 3 nitrogen and oxygen atoms in total. The maximum atomic E-state index is 11.3. The summed E-state index contributed by atoms with van der Waals surface area (Å²) in [5.41, 5.74) is 7.25. The van der Waals surface area contributed by atoms with Crippen molar-refractivity contribution in [2.75, 3.05) is 13.2 Å². The number of ether oxygens (including phenoxy) is 1. The van der Waals surface area contributed by atoms with Gasteiger partial charge in [-0.3, -0.25) is 0 Å². The minimum atomic E-state index is -0.215. The highest BCUT2D eigenvalue weighted by atomic mass is 16.5. The van der Waals surface area contributed by atoms with Crippen LogP contribution >= 0.6 is 0 Å². The summed E-state index contributed by atoms with van der Waals surface area (Å²) in [6.45, 7) is 6.63. The molecule has 0 rings (SSSR count). The van der Waals surface area contributed by atoms with E-state index in [1.54, 1.807) is 13.8 Å².